The molecule has 1 fully saturated rings. The van der Waals surface area contributed by atoms with Crippen molar-refractivity contribution in [1.29, 1.82) is 0 Å². The molecule has 0 saturated carbocycles. The molecule has 9 heteroatoms. The lowest BCUT2D eigenvalue weighted by Crippen LogP contribution is -2.32. The molecule has 0 spiro atoms. The topological polar surface area (TPSA) is 108 Å². The first-order valence-electron chi connectivity index (χ1n) is 9.80. The molecule has 0 bridgehead atoms. The van der Waals surface area contributed by atoms with Gasteiger partial charge in [-0.3, -0.25) is 9.59 Å². The van der Waals surface area contributed by atoms with Gasteiger partial charge in [0.1, 0.15) is 11.8 Å². The Morgan fingerprint density at radius 2 is 2.07 bits per heavy atom. The van der Waals surface area contributed by atoms with Gasteiger partial charge in [-0.05, 0) is 24.3 Å². The smallest absolute Gasteiger partial charge is 0.266 e. The van der Waals surface area contributed by atoms with E-state index in [-0.39, 0.29) is 30.7 Å². The number of hydrogen-bond donors (Lipinski definition) is 1. The minimum absolute atomic E-state index is 0.0914. The molecule has 0 atom stereocenters. The molecule has 156 valence electrons. The van der Waals surface area contributed by atoms with Crippen molar-refractivity contribution in [2.24, 2.45) is 0 Å². The van der Waals surface area contributed by atoms with Gasteiger partial charge in [0, 0.05) is 37.7 Å². The maximum absolute atomic E-state index is 12.3. The highest BCUT2D eigenvalue weighted by atomic mass is 16.5. The fourth-order valence-electron chi connectivity index (χ4n) is 3.09. The maximum atomic E-state index is 12.3. The van der Waals surface area contributed by atoms with E-state index in [0.29, 0.717) is 36.1 Å². The minimum atomic E-state index is -0.282. The van der Waals surface area contributed by atoms with Gasteiger partial charge in [-0.15, -0.1) is 0 Å². The van der Waals surface area contributed by atoms with Gasteiger partial charge < -0.3 is 19.2 Å². The van der Waals surface area contributed by atoms with Crippen LogP contribution in [0, 0.1) is 0 Å². The van der Waals surface area contributed by atoms with Gasteiger partial charge in [0.25, 0.3) is 11.5 Å². The Kier molecular flexibility index (Phi) is 6.19. The van der Waals surface area contributed by atoms with E-state index in [4.69, 9.17) is 13.9 Å². The lowest BCUT2D eigenvalue weighted by atomic mass is 10.1. The van der Waals surface area contributed by atoms with Crippen molar-refractivity contribution in [2.45, 2.75) is 25.5 Å². The van der Waals surface area contributed by atoms with Crippen LogP contribution in [0.3, 0.4) is 0 Å². The molecule has 3 aromatic rings. The standard InChI is InChI=1S/C21H22N4O5/c26-20-6-4-17(18-2-1-11-29-18)24-25(20)10-9-22-21(27)15-3-5-19(23-14-15)30-16-7-12-28-13-8-16/h1-6,11,14,16H,7-10,12-13H2,(H,22,27). The summed E-state index contributed by atoms with van der Waals surface area (Å²) >= 11 is 0. The van der Waals surface area contributed by atoms with Crippen molar-refractivity contribution in [3.63, 3.8) is 0 Å². The van der Waals surface area contributed by atoms with E-state index in [1.807, 2.05) is 0 Å². The zero-order chi connectivity index (χ0) is 20.8. The average Bonchev–Trinajstić information content (AvgIpc) is 3.31. The molecule has 4 rings (SSSR count). The van der Waals surface area contributed by atoms with Gasteiger partial charge in [0.05, 0.1) is 31.6 Å². The Balaban J connectivity index is 1.30. The predicted octanol–water partition coefficient (Wildman–Crippen LogP) is 1.89. The SMILES string of the molecule is O=C(NCCn1nc(-c2ccco2)ccc1=O)c1ccc(OC2CCOCC2)nc1. The van der Waals surface area contributed by atoms with Gasteiger partial charge >= 0.3 is 0 Å². The first-order chi connectivity index (χ1) is 14.7. The molecule has 0 aromatic carbocycles. The molecular weight excluding hydrogens is 388 g/mol. The van der Waals surface area contributed by atoms with Crippen LogP contribution in [0.4, 0.5) is 0 Å². The number of nitrogens with one attached hydrogen (secondary N) is 1. The number of amides is 1. The third-order valence-corrected chi connectivity index (χ3v) is 4.70. The highest BCUT2D eigenvalue weighted by molar-refractivity contribution is 5.93. The molecule has 0 aliphatic carbocycles. The summed E-state index contributed by atoms with van der Waals surface area (Å²) < 4.78 is 17.7. The number of rotatable bonds is 7. The Bertz CT molecular complexity index is 1020. The zero-order valence-corrected chi connectivity index (χ0v) is 16.3. The molecule has 1 aliphatic rings. The number of pyridine rings is 1. The quantitative estimate of drug-likeness (QED) is 0.633. The summed E-state index contributed by atoms with van der Waals surface area (Å²) in [6.07, 6.45) is 4.78. The third kappa shape index (κ3) is 4.93. The molecule has 0 unspecified atom stereocenters. The van der Waals surface area contributed by atoms with Crippen molar-refractivity contribution in [3.8, 4) is 17.3 Å². The number of carbonyl (C=O) groups excluding carboxylic acids is 1. The summed E-state index contributed by atoms with van der Waals surface area (Å²) in [5.41, 5.74) is 0.713. The third-order valence-electron chi connectivity index (χ3n) is 4.70. The molecule has 1 amide bonds. The molecule has 3 aromatic heterocycles. The van der Waals surface area contributed by atoms with Gasteiger partial charge in [-0.25, -0.2) is 9.67 Å². The van der Waals surface area contributed by atoms with Crippen LogP contribution < -0.4 is 15.6 Å². The van der Waals surface area contributed by atoms with E-state index in [0.717, 1.165) is 12.8 Å². The molecular formula is C21H22N4O5. The number of nitrogens with zero attached hydrogens (tertiary/aromatic N) is 3. The lowest BCUT2D eigenvalue weighted by Gasteiger charge is -2.22. The van der Waals surface area contributed by atoms with E-state index in [1.165, 1.54) is 16.9 Å². The number of furan rings is 1. The molecule has 1 aliphatic heterocycles. The molecule has 1 saturated heterocycles. The average molecular weight is 410 g/mol. The maximum Gasteiger partial charge on any atom is 0.266 e. The number of carbonyl (C=O) groups is 1. The fourth-order valence-corrected chi connectivity index (χ4v) is 3.09. The van der Waals surface area contributed by atoms with Crippen LogP contribution in [-0.4, -0.2) is 46.5 Å². The van der Waals surface area contributed by atoms with Crippen molar-refractivity contribution < 1.29 is 18.7 Å². The van der Waals surface area contributed by atoms with Crippen molar-refractivity contribution >= 4 is 5.91 Å². The van der Waals surface area contributed by atoms with E-state index >= 15 is 0 Å². The van der Waals surface area contributed by atoms with Crippen LogP contribution in [0.2, 0.25) is 0 Å². The van der Waals surface area contributed by atoms with Crippen molar-refractivity contribution in [1.82, 2.24) is 20.1 Å². The second kappa shape index (κ2) is 9.36. The number of hydrogen-bond acceptors (Lipinski definition) is 7. The molecule has 4 heterocycles. The highest BCUT2D eigenvalue weighted by Gasteiger charge is 2.16. The summed E-state index contributed by atoms with van der Waals surface area (Å²) in [6, 6.07) is 9.89. The Labute approximate surface area is 172 Å². The monoisotopic (exact) mass is 410 g/mol. The van der Waals surface area contributed by atoms with E-state index < -0.39 is 0 Å². The van der Waals surface area contributed by atoms with Gasteiger partial charge in [0.2, 0.25) is 5.88 Å². The second-order valence-corrected chi connectivity index (χ2v) is 6.83. The molecule has 30 heavy (non-hydrogen) atoms. The van der Waals surface area contributed by atoms with Crippen LogP contribution in [-0.2, 0) is 11.3 Å². The van der Waals surface area contributed by atoms with Crippen LogP contribution in [0.25, 0.3) is 11.5 Å². The van der Waals surface area contributed by atoms with Gasteiger partial charge in [0.15, 0.2) is 5.76 Å². The van der Waals surface area contributed by atoms with Crippen LogP contribution in [0.5, 0.6) is 5.88 Å². The normalized spacial score (nSPS) is 14.4. The molecule has 9 nitrogen and oxygen atoms in total. The highest BCUT2D eigenvalue weighted by Crippen LogP contribution is 2.16. The van der Waals surface area contributed by atoms with E-state index in [9.17, 15) is 9.59 Å². The number of ether oxygens (including phenoxy) is 2. The first-order valence-corrected chi connectivity index (χ1v) is 9.80. The molecule has 0 radical (unpaired) electrons. The van der Waals surface area contributed by atoms with E-state index in [2.05, 4.69) is 15.4 Å². The van der Waals surface area contributed by atoms with Crippen molar-refractivity contribution in [2.75, 3.05) is 19.8 Å². The Morgan fingerprint density at radius 1 is 1.20 bits per heavy atom. The van der Waals surface area contributed by atoms with E-state index in [1.54, 1.807) is 36.6 Å². The summed E-state index contributed by atoms with van der Waals surface area (Å²) in [6.45, 7) is 1.85. The van der Waals surface area contributed by atoms with Crippen molar-refractivity contribution in [3.05, 3.63) is 64.8 Å². The van der Waals surface area contributed by atoms with Gasteiger partial charge in [-0.2, -0.15) is 5.10 Å². The first kappa shape index (κ1) is 19.8. The number of aromatic nitrogens is 3. The minimum Gasteiger partial charge on any atom is -0.474 e. The van der Waals surface area contributed by atoms with Gasteiger partial charge in [-0.1, -0.05) is 0 Å². The predicted molar refractivity (Wildman–Crippen MR) is 107 cm³/mol. The lowest BCUT2D eigenvalue weighted by molar-refractivity contribution is 0.0237. The van der Waals surface area contributed by atoms with Crippen LogP contribution >= 0.6 is 0 Å². The summed E-state index contributed by atoms with van der Waals surface area (Å²) in [4.78, 5) is 28.6. The Hall–Kier alpha value is -3.46. The largest absolute Gasteiger partial charge is 0.474 e. The summed E-state index contributed by atoms with van der Waals surface area (Å²) in [5.74, 6) is 0.779. The zero-order valence-electron chi connectivity index (χ0n) is 16.3. The molecule has 1 N–H and O–H groups in total. The summed E-state index contributed by atoms with van der Waals surface area (Å²) in [7, 11) is 0. The summed E-state index contributed by atoms with van der Waals surface area (Å²) in [5, 5.41) is 7.04. The second-order valence-electron chi connectivity index (χ2n) is 6.83. The van der Waals surface area contributed by atoms with Crippen LogP contribution in [0.1, 0.15) is 23.2 Å². The van der Waals surface area contributed by atoms with Crippen LogP contribution in [0.15, 0.2) is 58.1 Å². The fraction of sp³-hybridized carbons (Fsp3) is 0.333. The Morgan fingerprint density at radius 3 is 2.80 bits per heavy atom.